The Morgan fingerprint density at radius 1 is 0.963 bits per heavy atom. The average molecular weight is 381 g/mol. The molecule has 7 heteroatoms. The number of nitro groups is 1. The normalized spacial score (nSPS) is 10.7. The van der Waals surface area contributed by atoms with Crippen LogP contribution in [-0.2, 0) is 0 Å². The molecule has 3 rings (SSSR count). The van der Waals surface area contributed by atoms with Gasteiger partial charge in [-0.2, -0.15) is 0 Å². The maximum atomic E-state index is 12.1. The highest BCUT2D eigenvalue weighted by Crippen LogP contribution is 2.19. The third kappa shape index (κ3) is 4.99. The minimum Gasteiger partial charge on any atom is -0.423 e. The van der Waals surface area contributed by atoms with Gasteiger partial charge in [0.15, 0.2) is 0 Å². The molecule has 0 amide bonds. The number of carbonyl (C=O) groups is 1. The summed E-state index contributed by atoms with van der Waals surface area (Å²) in [5.74, 6) is -0.326. The molecule has 0 aliphatic rings. The van der Waals surface area contributed by atoms with Crippen molar-refractivity contribution in [3.63, 3.8) is 0 Å². The van der Waals surface area contributed by atoms with E-state index in [4.69, 9.17) is 16.3 Å². The molecule has 0 bridgehead atoms. The number of halogens is 1. The van der Waals surface area contributed by atoms with Gasteiger partial charge in [-0.05, 0) is 54.1 Å². The fourth-order valence-corrected chi connectivity index (χ4v) is 2.31. The minimum atomic E-state index is -0.558. The molecule has 0 spiro atoms. The molecule has 0 unspecified atom stereocenters. The van der Waals surface area contributed by atoms with Gasteiger partial charge in [0.05, 0.1) is 16.2 Å². The van der Waals surface area contributed by atoms with Gasteiger partial charge in [0, 0.05) is 23.4 Å². The smallest absolute Gasteiger partial charge is 0.343 e. The Kier molecular flexibility index (Phi) is 5.58. The summed E-state index contributed by atoms with van der Waals surface area (Å²) in [6, 6.07) is 19.1. The van der Waals surface area contributed by atoms with Gasteiger partial charge in [-0.3, -0.25) is 15.1 Å². The van der Waals surface area contributed by atoms with Gasteiger partial charge in [-0.25, -0.2) is 4.79 Å². The molecule has 0 aromatic heterocycles. The van der Waals surface area contributed by atoms with Crippen LogP contribution >= 0.6 is 11.6 Å². The number of nitrogens with zero attached hydrogens (tertiary/aromatic N) is 2. The minimum absolute atomic E-state index is 0.0716. The predicted octanol–water partition coefficient (Wildman–Crippen LogP) is 5.22. The molecule has 0 fully saturated rings. The van der Waals surface area contributed by atoms with Crippen LogP contribution in [0.15, 0.2) is 77.8 Å². The summed E-state index contributed by atoms with van der Waals surface area (Å²) < 4.78 is 5.20. The van der Waals surface area contributed by atoms with Crippen molar-refractivity contribution in [2.75, 3.05) is 0 Å². The van der Waals surface area contributed by atoms with E-state index in [0.29, 0.717) is 16.3 Å². The van der Waals surface area contributed by atoms with Gasteiger partial charge in [0.2, 0.25) is 0 Å². The predicted molar refractivity (Wildman–Crippen MR) is 103 cm³/mol. The van der Waals surface area contributed by atoms with Crippen molar-refractivity contribution in [3.8, 4) is 5.75 Å². The third-order valence-corrected chi connectivity index (χ3v) is 3.85. The van der Waals surface area contributed by atoms with Crippen LogP contribution in [0.5, 0.6) is 5.75 Å². The number of esters is 1. The Morgan fingerprint density at radius 3 is 2.19 bits per heavy atom. The summed E-state index contributed by atoms with van der Waals surface area (Å²) in [7, 11) is 0. The second-order valence-electron chi connectivity index (χ2n) is 5.50. The van der Waals surface area contributed by atoms with E-state index in [1.165, 1.54) is 24.3 Å². The standard InChI is InChI=1S/C20H13ClN2O4/c21-16-5-1-14(2-6-16)13-22-17-7-3-15(4-8-17)20(24)27-19-11-9-18(10-12-19)23(25)26/h1-13H. The fraction of sp³-hybridized carbons (Fsp3) is 0. The molecule has 0 aliphatic carbocycles. The molecule has 134 valence electrons. The number of ether oxygens (including phenoxy) is 1. The zero-order valence-corrected chi connectivity index (χ0v) is 14.7. The molecule has 0 atom stereocenters. The highest BCUT2D eigenvalue weighted by atomic mass is 35.5. The number of non-ortho nitro benzene ring substituents is 1. The number of nitro benzene ring substituents is 1. The van der Waals surface area contributed by atoms with Crippen LogP contribution in [-0.4, -0.2) is 17.1 Å². The Bertz CT molecular complexity index is 982. The molecule has 3 aromatic carbocycles. The van der Waals surface area contributed by atoms with Gasteiger partial charge >= 0.3 is 5.97 Å². The van der Waals surface area contributed by atoms with E-state index >= 15 is 0 Å². The number of rotatable bonds is 5. The van der Waals surface area contributed by atoms with Crippen LogP contribution in [0.3, 0.4) is 0 Å². The first kappa shape index (κ1) is 18.3. The van der Waals surface area contributed by atoms with Crippen LogP contribution in [0.4, 0.5) is 11.4 Å². The second-order valence-corrected chi connectivity index (χ2v) is 5.93. The van der Waals surface area contributed by atoms with E-state index in [0.717, 1.165) is 5.56 Å². The van der Waals surface area contributed by atoms with Crippen molar-refractivity contribution >= 4 is 35.2 Å². The number of aliphatic imine (C=N–C) groups is 1. The van der Waals surface area contributed by atoms with Gasteiger partial charge in [0.1, 0.15) is 5.75 Å². The van der Waals surface area contributed by atoms with Crippen molar-refractivity contribution in [3.05, 3.63) is 99.1 Å². The monoisotopic (exact) mass is 380 g/mol. The molecule has 0 aliphatic heterocycles. The van der Waals surface area contributed by atoms with Crippen molar-refractivity contribution in [1.29, 1.82) is 0 Å². The van der Waals surface area contributed by atoms with Crippen molar-refractivity contribution in [2.45, 2.75) is 0 Å². The molecular formula is C20H13ClN2O4. The zero-order chi connectivity index (χ0) is 19.2. The van der Waals surface area contributed by atoms with Crippen LogP contribution in [0.25, 0.3) is 0 Å². The average Bonchev–Trinajstić information content (AvgIpc) is 2.68. The van der Waals surface area contributed by atoms with Crippen molar-refractivity contribution < 1.29 is 14.5 Å². The SMILES string of the molecule is O=C(Oc1ccc([N+](=O)[O-])cc1)c1ccc(N=Cc2ccc(Cl)cc2)cc1. The lowest BCUT2D eigenvalue weighted by Gasteiger charge is -2.04. The van der Waals surface area contributed by atoms with Crippen LogP contribution in [0.2, 0.25) is 5.02 Å². The summed E-state index contributed by atoms with van der Waals surface area (Å²) in [6.07, 6.45) is 1.69. The second kappa shape index (κ2) is 8.25. The summed E-state index contributed by atoms with van der Waals surface area (Å²) in [5.41, 5.74) is 1.86. The highest BCUT2D eigenvalue weighted by Gasteiger charge is 2.10. The van der Waals surface area contributed by atoms with Crippen LogP contribution in [0, 0.1) is 10.1 Å². The molecule has 3 aromatic rings. The van der Waals surface area contributed by atoms with Crippen LogP contribution in [0.1, 0.15) is 15.9 Å². The highest BCUT2D eigenvalue weighted by molar-refractivity contribution is 6.30. The Labute approximate surface area is 159 Å². The summed E-state index contributed by atoms with van der Waals surface area (Å²) in [4.78, 5) is 26.6. The summed E-state index contributed by atoms with van der Waals surface area (Å²) >= 11 is 5.84. The van der Waals surface area contributed by atoms with E-state index in [1.807, 2.05) is 12.1 Å². The molecular weight excluding hydrogens is 368 g/mol. The van der Waals surface area contributed by atoms with E-state index in [2.05, 4.69) is 4.99 Å². The molecule has 27 heavy (non-hydrogen) atoms. The van der Waals surface area contributed by atoms with Gasteiger partial charge < -0.3 is 4.74 Å². The topological polar surface area (TPSA) is 81.8 Å². The zero-order valence-electron chi connectivity index (χ0n) is 13.9. The Morgan fingerprint density at radius 2 is 1.59 bits per heavy atom. The third-order valence-electron chi connectivity index (χ3n) is 3.59. The largest absolute Gasteiger partial charge is 0.423 e. The van der Waals surface area contributed by atoms with E-state index in [1.54, 1.807) is 42.6 Å². The number of benzene rings is 3. The first-order valence-electron chi connectivity index (χ1n) is 7.87. The lowest BCUT2D eigenvalue weighted by Crippen LogP contribution is -2.08. The molecule has 0 heterocycles. The first-order chi connectivity index (χ1) is 13.0. The molecule has 6 nitrogen and oxygen atoms in total. The van der Waals surface area contributed by atoms with Gasteiger partial charge in [-0.15, -0.1) is 0 Å². The van der Waals surface area contributed by atoms with Gasteiger partial charge in [-0.1, -0.05) is 23.7 Å². The lowest BCUT2D eigenvalue weighted by atomic mass is 10.2. The Balaban J connectivity index is 1.64. The maximum Gasteiger partial charge on any atom is 0.343 e. The maximum absolute atomic E-state index is 12.1. The van der Waals surface area contributed by atoms with Gasteiger partial charge in [0.25, 0.3) is 5.69 Å². The molecule has 0 radical (unpaired) electrons. The van der Waals surface area contributed by atoms with E-state index in [-0.39, 0.29) is 11.4 Å². The number of hydrogen-bond donors (Lipinski definition) is 0. The van der Waals surface area contributed by atoms with Crippen molar-refractivity contribution in [1.82, 2.24) is 0 Å². The molecule has 0 N–H and O–H groups in total. The van der Waals surface area contributed by atoms with Crippen LogP contribution < -0.4 is 4.74 Å². The number of carbonyl (C=O) groups excluding carboxylic acids is 1. The van der Waals surface area contributed by atoms with Crippen molar-refractivity contribution in [2.24, 2.45) is 4.99 Å². The van der Waals surface area contributed by atoms with E-state index < -0.39 is 10.9 Å². The Hall–Kier alpha value is -3.51. The lowest BCUT2D eigenvalue weighted by molar-refractivity contribution is -0.384. The summed E-state index contributed by atoms with van der Waals surface area (Å²) in [5, 5.41) is 11.3. The summed E-state index contributed by atoms with van der Waals surface area (Å²) in [6.45, 7) is 0. The molecule has 0 saturated heterocycles. The van der Waals surface area contributed by atoms with E-state index in [9.17, 15) is 14.9 Å². The first-order valence-corrected chi connectivity index (χ1v) is 8.25. The number of hydrogen-bond acceptors (Lipinski definition) is 5. The quantitative estimate of drug-likeness (QED) is 0.200. The fourth-order valence-electron chi connectivity index (χ4n) is 2.18. The molecule has 0 saturated carbocycles.